The fourth-order valence-electron chi connectivity index (χ4n) is 8.81. The van der Waals surface area contributed by atoms with Crippen LogP contribution in [0.4, 0.5) is 0 Å². The molecule has 64 heavy (non-hydrogen) atoms. The van der Waals surface area contributed by atoms with E-state index in [1.807, 2.05) is 6.08 Å². The second-order valence-corrected chi connectivity index (χ2v) is 19.6. The monoisotopic (exact) mass is 902 g/mol. The molecule has 6 nitrogen and oxygen atoms in total. The number of carbonyl (C=O) groups is 2. The van der Waals surface area contributed by atoms with Crippen molar-refractivity contribution in [3.63, 3.8) is 0 Å². The number of esters is 1. The van der Waals surface area contributed by atoms with Gasteiger partial charge in [0.1, 0.15) is 0 Å². The maximum atomic E-state index is 12.4. The quantitative estimate of drug-likeness (QED) is 0.0321. The normalized spacial score (nSPS) is 12.8. The van der Waals surface area contributed by atoms with Crippen molar-refractivity contribution in [1.82, 2.24) is 5.32 Å². The van der Waals surface area contributed by atoms with E-state index in [4.69, 9.17) is 4.74 Å². The van der Waals surface area contributed by atoms with E-state index >= 15 is 0 Å². The van der Waals surface area contributed by atoms with Gasteiger partial charge in [0.2, 0.25) is 5.91 Å². The van der Waals surface area contributed by atoms with Crippen molar-refractivity contribution in [1.29, 1.82) is 0 Å². The highest BCUT2D eigenvalue weighted by atomic mass is 16.5. The van der Waals surface area contributed by atoms with Crippen LogP contribution in [0.3, 0.4) is 0 Å². The van der Waals surface area contributed by atoms with Crippen molar-refractivity contribution >= 4 is 11.9 Å². The molecular formula is C58H111NO5. The molecule has 0 radical (unpaired) electrons. The summed E-state index contributed by atoms with van der Waals surface area (Å²) in [7, 11) is 0. The lowest BCUT2D eigenvalue weighted by Gasteiger charge is -2.19. The zero-order valence-electron chi connectivity index (χ0n) is 43.0. The van der Waals surface area contributed by atoms with Crippen LogP contribution in [0.2, 0.25) is 0 Å². The lowest BCUT2D eigenvalue weighted by Crippen LogP contribution is -2.45. The molecule has 0 aliphatic carbocycles. The molecule has 0 aromatic heterocycles. The zero-order valence-corrected chi connectivity index (χ0v) is 43.0. The van der Waals surface area contributed by atoms with Gasteiger partial charge < -0.3 is 20.3 Å². The van der Waals surface area contributed by atoms with E-state index < -0.39 is 12.1 Å². The molecule has 6 heteroatoms. The highest BCUT2D eigenvalue weighted by molar-refractivity contribution is 5.76. The molecular weight excluding hydrogens is 791 g/mol. The van der Waals surface area contributed by atoms with Gasteiger partial charge in [-0.3, -0.25) is 9.59 Å². The van der Waals surface area contributed by atoms with E-state index in [0.717, 1.165) is 70.6 Å². The van der Waals surface area contributed by atoms with Crippen molar-refractivity contribution in [3.05, 3.63) is 24.3 Å². The van der Waals surface area contributed by atoms with E-state index in [9.17, 15) is 19.8 Å². The Morgan fingerprint density at radius 2 is 0.734 bits per heavy atom. The molecule has 0 saturated carbocycles. The summed E-state index contributed by atoms with van der Waals surface area (Å²) in [6.07, 6.45) is 64.8. The number of allylic oxidation sites excluding steroid dienone is 3. The van der Waals surface area contributed by atoms with Gasteiger partial charge in [-0.1, -0.05) is 263 Å². The first kappa shape index (κ1) is 62.3. The first-order valence-corrected chi connectivity index (χ1v) is 28.6. The SMILES string of the molecule is CCCCCCCCCCCCCCCC/C=C/C(O)C(CO)NC(=O)CCCCC/C=C\CCCCCCCCOC(=O)CCCCCCCCCCCCCCCCCCCC. The highest BCUT2D eigenvalue weighted by Crippen LogP contribution is 2.17. The van der Waals surface area contributed by atoms with Gasteiger partial charge in [-0.15, -0.1) is 0 Å². The molecule has 0 aliphatic heterocycles. The van der Waals surface area contributed by atoms with Crippen molar-refractivity contribution in [2.45, 2.75) is 321 Å². The standard InChI is InChI=1S/C58H111NO5/c1-3-5-7-9-11-13-15-17-19-21-22-24-28-32-36-40-44-48-52-58(63)64-53-49-45-41-37-33-29-25-27-31-35-39-43-47-51-57(62)59-55(54-60)56(61)50-46-42-38-34-30-26-23-20-18-16-14-12-10-8-6-4-2/h27,31,46,50,55-56,60-61H,3-26,28-30,32-45,47-49,51-54H2,1-2H3,(H,59,62)/b31-27-,50-46+. The van der Waals surface area contributed by atoms with Crippen LogP contribution in [0.15, 0.2) is 24.3 Å². The average molecular weight is 903 g/mol. The molecule has 0 saturated heterocycles. The summed E-state index contributed by atoms with van der Waals surface area (Å²) < 4.78 is 5.48. The van der Waals surface area contributed by atoms with E-state index in [-0.39, 0.29) is 18.5 Å². The minimum atomic E-state index is -0.861. The van der Waals surface area contributed by atoms with Gasteiger partial charge in [0.05, 0.1) is 25.4 Å². The maximum Gasteiger partial charge on any atom is 0.305 e. The van der Waals surface area contributed by atoms with Crippen molar-refractivity contribution in [2.75, 3.05) is 13.2 Å². The van der Waals surface area contributed by atoms with Gasteiger partial charge in [-0.2, -0.15) is 0 Å². The van der Waals surface area contributed by atoms with Crippen molar-refractivity contribution in [2.24, 2.45) is 0 Å². The Bertz CT molecular complexity index is 997. The summed E-state index contributed by atoms with van der Waals surface area (Å²) in [5.74, 6) is -0.106. The Balaban J connectivity index is 3.49. The first-order chi connectivity index (χ1) is 31.5. The second-order valence-electron chi connectivity index (χ2n) is 19.6. The molecule has 0 heterocycles. The average Bonchev–Trinajstić information content (AvgIpc) is 3.29. The first-order valence-electron chi connectivity index (χ1n) is 28.6. The summed E-state index contributed by atoms with van der Waals surface area (Å²) in [5.41, 5.74) is 0. The minimum absolute atomic E-state index is 0.00950. The molecule has 2 unspecified atom stereocenters. The largest absolute Gasteiger partial charge is 0.466 e. The molecule has 0 spiro atoms. The molecule has 0 rings (SSSR count). The number of unbranched alkanes of at least 4 members (excludes halogenated alkanes) is 40. The number of amides is 1. The number of hydrogen-bond acceptors (Lipinski definition) is 5. The van der Waals surface area contributed by atoms with Crippen LogP contribution >= 0.6 is 0 Å². The van der Waals surface area contributed by atoms with Crippen LogP contribution in [-0.2, 0) is 14.3 Å². The van der Waals surface area contributed by atoms with Gasteiger partial charge in [-0.25, -0.2) is 0 Å². The van der Waals surface area contributed by atoms with Gasteiger partial charge in [0.25, 0.3) is 0 Å². The Labute approximate surface area is 399 Å². The van der Waals surface area contributed by atoms with Crippen LogP contribution < -0.4 is 5.32 Å². The third-order valence-electron chi connectivity index (χ3n) is 13.2. The summed E-state index contributed by atoms with van der Waals surface area (Å²) >= 11 is 0. The van der Waals surface area contributed by atoms with Crippen LogP contribution in [0.1, 0.15) is 309 Å². The predicted molar refractivity (Wildman–Crippen MR) is 278 cm³/mol. The lowest BCUT2D eigenvalue weighted by molar-refractivity contribution is -0.143. The number of aliphatic hydroxyl groups excluding tert-OH is 2. The summed E-state index contributed by atoms with van der Waals surface area (Å²) in [6.45, 7) is 4.88. The summed E-state index contributed by atoms with van der Waals surface area (Å²) in [6, 6.07) is -0.647. The van der Waals surface area contributed by atoms with Crippen LogP contribution in [0.25, 0.3) is 0 Å². The van der Waals surface area contributed by atoms with Gasteiger partial charge in [0, 0.05) is 12.8 Å². The molecule has 0 bridgehead atoms. The fraction of sp³-hybridized carbons (Fsp3) is 0.897. The maximum absolute atomic E-state index is 12.4. The number of ether oxygens (including phenoxy) is 1. The van der Waals surface area contributed by atoms with Gasteiger partial charge in [-0.05, 0) is 57.8 Å². The Morgan fingerprint density at radius 1 is 0.422 bits per heavy atom. The number of carbonyl (C=O) groups excluding carboxylic acids is 2. The van der Waals surface area contributed by atoms with Crippen molar-refractivity contribution in [3.8, 4) is 0 Å². The molecule has 0 aromatic rings. The second kappa shape index (κ2) is 54.0. The highest BCUT2D eigenvalue weighted by Gasteiger charge is 2.18. The molecule has 378 valence electrons. The Morgan fingerprint density at radius 3 is 1.12 bits per heavy atom. The van der Waals surface area contributed by atoms with Gasteiger partial charge in [0.15, 0.2) is 0 Å². The molecule has 0 aliphatic rings. The molecule has 2 atom stereocenters. The van der Waals surface area contributed by atoms with Crippen LogP contribution in [-0.4, -0.2) is 47.4 Å². The molecule has 0 fully saturated rings. The molecule has 3 N–H and O–H groups in total. The minimum Gasteiger partial charge on any atom is -0.466 e. The third kappa shape index (κ3) is 49.8. The number of rotatable bonds is 53. The number of nitrogens with one attached hydrogen (secondary N) is 1. The predicted octanol–water partition coefficient (Wildman–Crippen LogP) is 17.5. The van der Waals surface area contributed by atoms with Crippen molar-refractivity contribution < 1.29 is 24.5 Å². The lowest BCUT2D eigenvalue weighted by atomic mass is 10.0. The smallest absolute Gasteiger partial charge is 0.305 e. The van der Waals surface area contributed by atoms with E-state index in [0.29, 0.717) is 19.4 Å². The van der Waals surface area contributed by atoms with Crippen LogP contribution in [0, 0.1) is 0 Å². The Hall–Kier alpha value is -1.66. The number of hydrogen-bond donors (Lipinski definition) is 3. The van der Waals surface area contributed by atoms with E-state index in [2.05, 4.69) is 31.3 Å². The Kier molecular flexibility index (Phi) is 52.6. The van der Waals surface area contributed by atoms with Gasteiger partial charge >= 0.3 is 5.97 Å². The van der Waals surface area contributed by atoms with E-state index in [1.165, 1.54) is 212 Å². The molecule has 1 amide bonds. The summed E-state index contributed by atoms with van der Waals surface area (Å²) in [5, 5.41) is 23.1. The molecule has 0 aromatic carbocycles. The zero-order chi connectivity index (χ0) is 46.5. The summed E-state index contributed by atoms with van der Waals surface area (Å²) in [4.78, 5) is 24.5. The van der Waals surface area contributed by atoms with Crippen LogP contribution in [0.5, 0.6) is 0 Å². The van der Waals surface area contributed by atoms with E-state index in [1.54, 1.807) is 6.08 Å². The number of aliphatic hydroxyl groups is 2. The third-order valence-corrected chi connectivity index (χ3v) is 13.2. The topological polar surface area (TPSA) is 95.9 Å². The fourth-order valence-corrected chi connectivity index (χ4v) is 8.81.